The fraction of sp³-hybridized carbons (Fsp3) is 0.647. The lowest BCUT2D eigenvalue weighted by Crippen LogP contribution is -2.42. The molecule has 0 radical (unpaired) electrons. The van der Waals surface area contributed by atoms with Gasteiger partial charge in [-0.1, -0.05) is 12.8 Å². The van der Waals surface area contributed by atoms with Gasteiger partial charge in [0.25, 0.3) is 0 Å². The normalized spacial score (nSPS) is 26.1. The third-order valence-corrected chi connectivity index (χ3v) is 4.83. The van der Waals surface area contributed by atoms with E-state index in [0.29, 0.717) is 17.5 Å². The lowest BCUT2D eigenvalue weighted by Gasteiger charge is -2.24. The van der Waals surface area contributed by atoms with Gasteiger partial charge < -0.3 is 15.4 Å². The van der Waals surface area contributed by atoms with E-state index in [1.165, 1.54) is 31.5 Å². The Bertz CT molecular complexity index is 595. The van der Waals surface area contributed by atoms with Crippen LogP contribution in [0.1, 0.15) is 37.7 Å². The van der Waals surface area contributed by atoms with Gasteiger partial charge in [0.05, 0.1) is 6.04 Å². The maximum Gasteiger partial charge on any atom is 0.422 e. The Hall–Kier alpha value is -1.83. The summed E-state index contributed by atoms with van der Waals surface area (Å²) >= 11 is 0. The van der Waals surface area contributed by atoms with E-state index >= 15 is 0 Å². The molecule has 2 aliphatic rings. The van der Waals surface area contributed by atoms with Crippen molar-refractivity contribution in [1.29, 1.82) is 0 Å². The van der Waals surface area contributed by atoms with E-state index in [9.17, 15) is 18.0 Å². The number of nitrogens with zero attached hydrogens (tertiary/aromatic N) is 1. The van der Waals surface area contributed by atoms with E-state index in [1.54, 1.807) is 6.07 Å². The highest BCUT2D eigenvalue weighted by Crippen LogP contribution is 2.33. The van der Waals surface area contributed by atoms with Crippen LogP contribution in [0.3, 0.4) is 0 Å². The van der Waals surface area contributed by atoms with E-state index in [4.69, 9.17) is 0 Å². The van der Waals surface area contributed by atoms with Gasteiger partial charge in [0, 0.05) is 24.8 Å². The van der Waals surface area contributed by atoms with Crippen molar-refractivity contribution in [2.45, 2.75) is 56.9 Å². The second kappa shape index (κ2) is 7.59. The molecule has 1 aliphatic carbocycles. The highest BCUT2D eigenvalue weighted by atomic mass is 19.4. The number of carbonyl (C=O) groups is 1. The molecule has 1 aromatic rings. The maximum absolute atomic E-state index is 12.3. The first-order valence-electron chi connectivity index (χ1n) is 8.59. The molecule has 3 atom stereocenters. The summed E-state index contributed by atoms with van der Waals surface area (Å²) in [5.74, 6) is 0.408. The molecule has 0 bridgehead atoms. The number of pyridine rings is 1. The van der Waals surface area contributed by atoms with Crippen LogP contribution in [0.5, 0.6) is 5.88 Å². The Balaban J connectivity index is 1.49. The van der Waals surface area contributed by atoms with Crippen molar-refractivity contribution in [3.05, 3.63) is 23.9 Å². The second-order valence-electron chi connectivity index (χ2n) is 6.73. The summed E-state index contributed by atoms with van der Waals surface area (Å²) in [5, 5.41) is 6.25. The Labute approximate surface area is 144 Å². The van der Waals surface area contributed by atoms with Crippen molar-refractivity contribution in [3.8, 4) is 5.88 Å². The molecule has 2 fully saturated rings. The maximum atomic E-state index is 12.3. The van der Waals surface area contributed by atoms with Gasteiger partial charge in [-0.05, 0) is 36.8 Å². The van der Waals surface area contributed by atoms with Gasteiger partial charge in [-0.25, -0.2) is 4.98 Å². The van der Waals surface area contributed by atoms with Gasteiger partial charge in [0.15, 0.2) is 6.61 Å². The first-order valence-corrected chi connectivity index (χ1v) is 8.59. The molecule has 1 aromatic heterocycles. The quantitative estimate of drug-likeness (QED) is 0.850. The fourth-order valence-electron chi connectivity index (χ4n) is 3.63. The monoisotopic (exact) mass is 357 g/mol. The number of hydrogen-bond donors (Lipinski definition) is 2. The Morgan fingerprint density at radius 2 is 2.16 bits per heavy atom. The molecule has 3 rings (SSSR count). The molecule has 1 aliphatic heterocycles. The third-order valence-electron chi connectivity index (χ3n) is 4.83. The average Bonchev–Trinajstić information content (AvgIpc) is 3.02. The predicted octanol–water partition coefficient (Wildman–Crippen LogP) is 2.56. The molecule has 138 valence electrons. The van der Waals surface area contributed by atoms with E-state index in [0.717, 1.165) is 12.8 Å². The highest BCUT2D eigenvalue weighted by molar-refractivity contribution is 5.82. The van der Waals surface area contributed by atoms with E-state index in [1.807, 2.05) is 0 Å². The number of ether oxygens (including phenoxy) is 1. The molecule has 25 heavy (non-hydrogen) atoms. The zero-order valence-electron chi connectivity index (χ0n) is 13.8. The van der Waals surface area contributed by atoms with Crippen molar-refractivity contribution < 1.29 is 22.7 Å². The molecule has 3 unspecified atom stereocenters. The van der Waals surface area contributed by atoms with E-state index in [-0.39, 0.29) is 24.4 Å². The van der Waals surface area contributed by atoms with Crippen molar-refractivity contribution in [2.24, 2.45) is 5.92 Å². The highest BCUT2D eigenvalue weighted by Gasteiger charge is 2.38. The van der Waals surface area contributed by atoms with Crippen molar-refractivity contribution >= 4 is 5.91 Å². The van der Waals surface area contributed by atoms with Gasteiger partial charge in [0.2, 0.25) is 11.8 Å². The first-order chi connectivity index (χ1) is 11.9. The largest absolute Gasteiger partial charge is 0.468 e. The first kappa shape index (κ1) is 18.0. The van der Waals surface area contributed by atoms with Crippen LogP contribution in [-0.4, -0.2) is 35.8 Å². The van der Waals surface area contributed by atoms with Crippen LogP contribution in [-0.2, 0) is 11.3 Å². The number of hydrogen-bond acceptors (Lipinski definition) is 4. The zero-order valence-corrected chi connectivity index (χ0v) is 13.8. The lowest BCUT2D eigenvalue weighted by atomic mass is 9.85. The number of rotatable bonds is 5. The third kappa shape index (κ3) is 5.07. The molecule has 1 saturated carbocycles. The Kier molecular flexibility index (Phi) is 5.46. The number of aromatic nitrogens is 1. The molecular formula is C17H22F3N3O2. The van der Waals surface area contributed by atoms with Crippen LogP contribution >= 0.6 is 0 Å². The van der Waals surface area contributed by atoms with Crippen LogP contribution in [0.25, 0.3) is 0 Å². The number of alkyl halides is 3. The molecule has 5 nitrogen and oxygen atoms in total. The fourth-order valence-corrected chi connectivity index (χ4v) is 3.63. The van der Waals surface area contributed by atoms with Crippen LogP contribution in [0.15, 0.2) is 18.3 Å². The Morgan fingerprint density at radius 1 is 1.36 bits per heavy atom. The zero-order chi connectivity index (χ0) is 17.9. The van der Waals surface area contributed by atoms with Crippen LogP contribution in [0.4, 0.5) is 13.2 Å². The lowest BCUT2D eigenvalue weighted by molar-refractivity contribution is -0.154. The summed E-state index contributed by atoms with van der Waals surface area (Å²) in [7, 11) is 0. The Morgan fingerprint density at radius 3 is 2.92 bits per heavy atom. The van der Waals surface area contributed by atoms with Crippen LogP contribution in [0, 0.1) is 5.92 Å². The molecular weight excluding hydrogens is 335 g/mol. The summed E-state index contributed by atoms with van der Waals surface area (Å²) in [4.78, 5) is 16.1. The number of amides is 1. The molecule has 0 aromatic carbocycles. The average molecular weight is 357 g/mol. The van der Waals surface area contributed by atoms with Gasteiger partial charge >= 0.3 is 6.18 Å². The summed E-state index contributed by atoms with van der Waals surface area (Å²) in [6.45, 7) is -1.15. The number of fused-ring (bicyclic) bond motifs is 1. The van der Waals surface area contributed by atoms with Gasteiger partial charge in [-0.2, -0.15) is 13.2 Å². The smallest absolute Gasteiger partial charge is 0.422 e. The topological polar surface area (TPSA) is 63.2 Å². The van der Waals surface area contributed by atoms with Crippen LogP contribution < -0.4 is 15.4 Å². The van der Waals surface area contributed by atoms with Crippen molar-refractivity contribution in [1.82, 2.24) is 15.6 Å². The number of carbonyl (C=O) groups excluding carboxylic acids is 1. The number of halogens is 3. The summed E-state index contributed by atoms with van der Waals surface area (Å²) < 4.78 is 41.2. The van der Waals surface area contributed by atoms with Gasteiger partial charge in [-0.15, -0.1) is 0 Å². The van der Waals surface area contributed by atoms with E-state index in [2.05, 4.69) is 20.4 Å². The molecule has 1 saturated heterocycles. The van der Waals surface area contributed by atoms with Crippen molar-refractivity contribution in [2.75, 3.05) is 6.61 Å². The molecule has 1 amide bonds. The van der Waals surface area contributed by atoms with Crippen LogP contribution in [0.2, 0.25) is 0 Å². The molecule has 2 heterocycles. The van der Waals surface area contributed by atoms with Crippen molar-refractivity contribution in [3.63, 3.8) is 0 Å². The summed E-state index contributed by atoms with van der Waals surface area (Å²) in [6, 6.07) is 3.31. The predicted molar refractivity (Wildman–Crippen MR) is 84.9 cm³/mol. The minimum Gasteiger partial charge on any atom is -0.468 e. The standard InChI is InChI=1S/C17H22F3N3O2/c18-17(19,20)10-25-15-7-11(5-6-21-15)9-22-16(24)14-8-12-3-1-2-4-13(12)23-14/h5-7,12-14,23H,1-4,8-10H2,(H,22,24). The minimum atomic E-state index is -4.41. The summed E-state index contributed by atoms with van der Waals surface area (Å²) in [6.07, 6.45) is 2.55. The molecule has 2 N–H and O–H groups in total. The minimum absolute atomic E-state index is 0.0658. The van der Waals surface area contributed by atoms with Gasteiger partial charge in [-0.3, -0.25) is 4.79 Å². The number of nitrogens with one attached hydrogen (secondary N) is 2. The van der Waals surface area contributed by atoms with E-state index < -0.39 is 12.8 Å². The SMILES string of the molecule is O=C(NCc1ccnc(OCC(F)(F)F)c1)C1CC2CCCCC2N1. The summed E-state index contributed by atoms with van der Waals surface area (Å²) in [5.41, 5.74) is 0.649. The van der Waals surface area contributed by atoms with Gasteiger partial charge in [0.1, 0.15) is 0 Å². The molecule has 0 spiro atoms. The second-order valence-corrected chi connectivity index (χ2v) is 6.73. The molecule has 8 heteroatoms.